The highest BCUT2D eigenvalue weighted by atomic mass is 19.4. The molecule has 0 amide bonds. The number of hydrogen-bond acceptors (Lipinski definition) is 2. The third kappa shape index (κ3) is 9.80. The molecule has 0 saturated carbocycles. The SMILES string of the molecule is CN(CCCCCO)CCC(F)(F)F. The van der Waals surface area contributed by atoms with Crippen molar-refractivity contribution in [3.63, 3.8) is 0 Å². The van der Waals surface area contributed by atoms with Crippen LogP contribution in [-0.4, -0.2) is 42.9 Å². The zero-order valence-electron chi connectivity index (χ0n) is 8.48. The van der Waals surface area contributed by atoms with E-state index in [0.29, 0.717) is 6.54 Å². The van der Waals surface area contributed by atoms with E-state index in [4.69, 9.17) is 5.11 Å². The normalized spacial score (nSPS) is 12.4. The van der Waals surface area contributed by atoms with Crippen molar-refractivity contribution in [1.29, 1.82) is 0 Å². The van der Waals surface area contributed by atoms with Gasteiger partial charge in [-0.3, -0.25) is 0 Å². The summed E-state index contributed by atoms with van der Waals surface area (Å²) < 4.78 is 35.4. The van der Waals surface area contributed by atoms with Crippen LogP contribution in [0.15, 0.2) is 0 Å². The summed E-state index contributed by atoms with van der Waals surface area (Å²) in [6, 6.07) is 0. The predicted molar refractivity (Wildman–Crippen MR) is 49.1 cm³/mol. The Morgan fingerprint density at radius 1 is 1.07 bits per heavy atom. The minimum atomic E-state index is -4.06. The van der Waals surface area contributed by atoms with Crippen molar-refractivity contribution in [1.82, 2.24) is 4.90 Å². The Morgan fingerprint density at radius 2 is 1.71 bits per heavy atom. The molecule has 0 fully saturated rings. The van der Waals surface area contributed by atoms with Gasteiger partial charge in [-0.1, -0.05) is 0 Å². The highest BCUT2D eigenvalue weighted by molar-refractivity contribution is 4.57. The lowest BCUT2D eigenvalue weighted by Crippen LogP contribution is -2.25. The summed E-state index contributed by atoms with van der Waals surface area (Å²) in [6.07, 6.45) is -2.36. The molecule has 0 radical (unpaired) electrons. The third-order valence-corrected chi connectivity index (χ3v) is 1.97. The Kier molecular flexibility index (Phi) is 6.92. The monoisotopic (exact) mass is 213 g/mol. The van der Waals surface area contributed by atoms with Crippen LogP contribution in [0.1, 0.15) is 25.7 Å². The van der Waals surface area contributed by atoms with Gasteiger partial charge in [0.15, 0.2) is 0 Å². The van der Waals surface area contributed by atoms with Crippen LogP contribution in [0.4, 0.5) is 13.2 Å². The second-order valence-corrected chi connectivity index (χ2v) is 3.45. The van der Waals surface area contributed by atoms with Gasteiger partial charge in [-0.05, 0) is 32.9 Å². The van der Waals surface area contributed by atoms with Crippen molar-refractivity contribution in [2.24, 2.45) is 0 Å². The van der Waals surface area contributed by atoms with Crippen LogP contribution < -0.4 is 0 Å². The molecule has 0 unspecified atom stereocenters. The van der Waals surface area contributed by atoms with Gasteiger partial charge < -0.3 is 10.0 Å². The lowest BCUT2D eigenvalue weighted by molar-refractivity contribution is -0.137. The lowest BCUT2D eigenvalue weighted by atomic mass is 10.2. The molecule has 14 heavy (non-hydrogen) atoms. The third-order valence-electron chi connectivity index (χ3n) is 1.97. The number of nitrogens with zero attached hydrogens (tertiary/aromatic N) is 1. The largest absolute Gasteiger partial charge is 0.396 e. The Bertz CT molecular complexity index is 139. The van der Waals surface area contributed by atoms with Crippen LogP contribution in [0.25, 0.3) is 0 Å². The van der Waals surface area contributed by atoms with E-state index in [-0.39, 0.29) is 13.2 Å². The summed E-state index contributed by atoms with van der Waals surface area (Å²) in [6.45, 7) is 0.880. The Labute approximate surface area is 82.7 Å². The zero-order chi connectivity index (χ0) is 11.0. The number of rotatable bonds is 7. The maximum Gasteiger partial charge on any atom is 0.390 e. The summed E-state index contributed by atoms with van der Waals surface area (Å²) in [5.41, 5.74) is 0. The van der Waals surface area contributed by atoms with Crippen molar-refractivity contribution in [2.75, 3.05) is 26.7 Å². The number of hydrogen-bond donors (Lipinski definition) is 1. The quantitative estimate of drug-likeness (QED) is 0.654. The first-order valence-corrected chi connectivity index (χ1v) is 4.82. The summed E-state index contributed by atoms with van der Waals surface area (Å²) in [5, 5.41) is 8.48. The van der Waals surface area contributed by atoms with E-state index in [0.717, 1.165) is 19.3 Å². The summed E-state index contributed by atoms with van der Waals surface area (Å²) in [5.74, 6) is 0. The van der Waals surface area contributed by atoms with E-state index in [2.05, 4.69) is 0 Å². The van der Waals surface area contributed by atoms with Crippen molar-refractivity contribution < 1.29 is 18.3 Å². The second kappa shape index (κ2) is 7.06. The molecule has 0 aliphatic carbocycles. The minimum absolute atomic E-state index is 0.0582. The molecule has 0 aliphatic heterocycles. The summed E-state index contributed by atoms with van der Waals surface area (Å²) in [7, 11) is 1.69. The molecular formula is C9H18F3NO. The lowest BCUT2D eigenvalue weighted by Gasteiger charge is -2.17. The molecule has 0 aromatic rings. The maximum absolute atomic E-state index is 11.8. The number of aliphatic hydroxyl groups is 1. The van der Waals surface area contributed by atoms with Crippen LogP contribution in [0.3, 0.4) is 0 Å². The topological polar surface area (TPSA) is 23.5 Å². The van der Waals surface area contributed by atoms with Crippen molar-refractivity contribution in [3.05, 3.63) is 0 Å². The number of halogens is 3. The Hall–Kier alpha value is -0.290. The fourth-order valence-corrected chi connectivity index (χ4v) is 1.10. The average Bonchev–Trinajstić information content (AvgIpc) is 2.08. The van der Waals surface area contributed by atoms with Gasteiger partial charge in [0.05, 0.1) is 6.42 Å². The van der Waals surface area contributed by atoms with E-state index in [9.17, 15) is 13.2 Å². The minimum Gasteiger partial charge on any atom is -0.396 e. The summed E-state index contributed by atoms with van der Waals surface area (Å²) in [4.78, 5) is 1.67. The first-order valence-electron chi connectivity index (χ1n) is 4.82. The Morgan fingerprint density at radius 3 is 2.21 bits per heavy atom. The number of alkyl halides is 3. The van der Waals surface area contributed by atoms with Gasteiger partial charge in [0.2, 0.25) is 0 Å². The van der Waals surface area contributed by atoms with Gasteiger partial charge in [0, 0.05) is 13.2 Å². The molecule has 0 aliphatic rings. The summed E-state index contributed by atoms with van der Waals surface area (Å²) >= 11 is 0. The van der Waals surface area contributed by atoms with E-state index >= 15 is 0 Å². The first kappa shape index (κ1) is 13.7. The predicted octanol–water partition coefficient (Wildman–Crippen LogP) is 2.03. The highest BCUT2D eigenvalue weighted by Gasteiger charge is 2.26. The number of unbranched alkanes of at least 4 members (excludes halogenated alkanes) is 2. The van der Waals surface area contributed by atoms with E-state index < -0.39 is 12.6 Å². The highest BCUT2D eigenvalue weighted by Crippen LogP contribution is 2.19. The molecule has 1 N–H and O–H groups in total. The molecule has 0 rings (SSSR count). The molecule has 0 aromatic heterocycles. The molecule has 5 heteroatoms. The van der Waals surface area contributed by atoms with Gasteiger partial charge in [-0.25, -0.2) is 0 Å². The smallest absolute Gasteiger partial charge is 0.390 e. The van der Waals surface area contributed by atoms with Gasteiger partial charge >= 0.3 is 6.18 Å². The van der Waals surface area contributed by atoms with Gasteiger partial charge in [0.25, 0.3) is 0 Å². The van der Waals surface area contributed by atoms with E-state index in [1.54, 1.807) is 11.9 Å². The zero-order valence-corrected chi connectivity index (χ0v) is 8.48. The van der Waals surface area contributed by atoms with Crippen LogP contribution in [0.2, 0.25) is 0 Å². The van der Waals surface area contributed by atoms with Crippen molar-refractivity contribution in [2.45, 2.75) is 31.9 Å². The molecule has 0 atom stereocenters. The van der Waals surface area contributed by atoms with E-state index in [1.165, 1.54) is 0 Å². The molecule has 0 saturated heterocycles. The molecule has 0 spiro atoms. The van der Waals surface area contributed by atoms with Crippen LogP contribution in [-0.2, 0) is 0 Å². The van der Waals surface area contributed by atoms with Crippen LogP contribution >= 0.6 is 0 Å². The van der Waals surface area contributed by atoms with Gasteiger partial charge in [0.1, 0.15) is 0 Å². The molecule has 0 bridgehead atoms. The standard InChI is InChI=1S/C9H18F3NO/c1-13(6-3-2-4-8-14)7-5-9(10,11)12/h14H,2-8H2,1H3. The molecule has 0 aromatic carbocycles. The number of aliphatic hydroxyl groups excluding tert-OH is 1. The first-order chi connectivity index (χ1) is 6.45. The average molecular weight is 213 g/mol. The van der Waals surface area contributed by atoms with Crippen molar-refractivity contribution >= 4 is 0 Å². The molecule has 2 nitrogen and oxygen atoms in total. The Balaban J connectivity index is 3.32. The van der Waals surface area contributed by atoms with Gasteiger partial charge in [-0.2, -0.15) is 13.2 Å². The van der Waals surface area contributed by atoms with E-state index in [1.807, 2.05) is 0 Å². The van der Waals surface area contributed by atoms with Crippen LogP contribution in [0.5, 0.6) is 0 Å². The molecule has 86 valence electrons. The fraction of sp³-hybridized carbons (Fsp3) is 1.00. The van der Waals surface area contributed by atoms with Crippen LogP contribution in [0, 0.1) is 0 Å². The molecule has 0 heterocycles. The second-order valence-electron chi connectivity index (χ2n) is 3.45. The van der Waals surface area contributed by atoms with Gasteiger partial charge in [-0.15, -0.1) is 0 Å². The fourth-order valence-electron chi connectivity index (χ4n) is 1.10. The maximum atomic E-state index is 11.8. The van der Waals surface area contributed by atoms with Crippen molar-refractivity contribution in [3.8, 4) is 0 Å². The molecular weight excluding hydrogens is 195 g/mol.